The van der Waals surface area contributed by atoms with Crippen molar-refractivity contribution in [2.45, 2.75) is 25.4 Å². The molecule has 0 aliphatic rings. The Bertz CT molecular complexity index is 504. The molecule has 0 aliphatic heterocycles. The summed E-state index contributed by atoms with van der Waals surface area (Å²) in [5.74, 6) is -1.27. The van der Waals surface area contributed by atoms with Gasteiger partial charge in [0.15, 0.2) is 0 Å². The van der Waals surface area contributed by atoms with Crippen LogP contribution in [0.5, 0.6) is 0 Å². The van der Waals surface area contributed by atoms with Crippen molar-refractivity contribution in [3.63, 3.8) is 0 Å². The fourth-order valence-electron chi connectivity index (χ4n) is 1.41. The van der Waals surface area contributed by atoms with Gasteiger partial charge in [-0.1, -0.05) is 6.07 Å². The summed E-state index contributed by atoms with van der Waals surface area (Å²) in [4.78, 5) is 35.7. The molecule has 8 heteroatoms. The van der Waals surface area contributed by atoms with Gasteiger partial charge in [0.2, 0.25) is 0 Å². The lowest BCUT2D eigenvalue weighted by atomic mass is 10.2. The molecule has 7 nitrogen and oxygen atoms in total. The number of ether oxygens (including phenoxy) is 1. The van der Waals surface area contributed by atoms with Gasteiger partial charge in [-0.3, -0.25) is 14.6 Å². The van der Waals surface area contributed by atoms with Crippen LogP contribution in [0.3, 0.4) is 0 Å². The van der Waals surface area contributed by atoms with Crippen LogP contribution in [0.4, 0.5) is 0 Å². The van der Waals surface area contributed by atoms with Gasteiger partial charge in [0, 0.05) is 19.0 Å². The third kappa shape index (κ3) is 6.45. The van der Waals surface area contributed by atoms with E-state index in [1.165, 1.54) is 13.3 Å². The molecule has 0 bridgehead atoms. The highest BCUT2D eigenvalue weighted by atomic mass is 31.2. The van der Waals surface area contributed by atoms with Gasteiger partial charge in [0.05, 0.1) is 12.8 Å². The van der Waals surface area contributed by atoms with E-state index in [0.29, 0.717) is 5.69 Å². The predicted octanol–water partition coefficient (Wildman–Crippen LogP) is 1.65. The lowest BCUT2D eigenvalue weighted by Crippen LogP contribution is -2.06. The van der Waals surface area contributed by atoms with E-state index >= 15 is 0 Å². The molecular weight excluding hydrogens is 285 g/mol. The number of methoxy groups -OCH3 is 1. The molecule has 20 heavy (non-hydrogen) atoms. The van der Waals surface area contributed by atoms with Crippen molar-refractivity contribution in [3.8, 4) is 0 Å². The number of nitrogens with zero attached hydrogens (tertiary/aromatic N) is 1. The Hall–Kier alpha value is -1.72. The van der Waals surface area contributed by atoms with Crippen LogP contribution in [0.1, 0.15) is 25.0 Å². The van der Waals surface area contributed by atoms with E-state index in [1.807, 2.05) is 0 Å². The molecule has 1 aromatic heterocycles. The minimum atomic E-state index is -4.07. The molecule has 0 radical (unpaired) electrons. The zero-order chi connectivity index (χ0) is 15.0. The van der Waals surface area contributed by atoms with Gasteiger partial charge >= 0.3 is 19.5 Å². The van der Waals surface area contributed by atoms with Gasteiger partial charge in [-0.05, 0) is 18.6 Å². The maximum Gasteiger partial charge on any atom is 0.384 e. The first kappa shape index (κ1) is 16.3. The highest BCUT2D eigenvalue weighted by molar-refractivity contribution is 7.52. The van der Waals surface area contributed by atoms with Crippen molar-refractivity contribution in [1.29, 1.82) is 0 Å². The fourth-order valence-corrected chi connectivity index (χ4v) is 2.48. The zero-order valence-electron chi connectivity index (χ0n) is 11.0. The van der Waals surface area contributed by atoms with Crippen LogP contribution in [0.2, 0.25) is 0 Å². The summed E-state index contributed by atoms with van der Waals surface area (Å²) in [7, 11) is -2.82. The summed E-state index contributed by atoms with van der Waals surface area (Å²) >= 11 is 0. The molecule has 1 rings (SSSR count). The average molecular weight is 301 g/mol. The lowest BCUT2D eigenvalue weighted by Gasteiger charge is -2.11. The van der Waals surface area contributed by atoms with E-state index in [9.17, 15) is 19.0 Å². The Labute approximate surface area is 116 Å². The summed E-state index contributed by atoms with van der Waals surface area (Å²) < 4.78 is 20.7. The zero-order valence-corrected chi connectivity index (χ0v) is 11.9. The van der Waals surface area contributed by atoms with E-state index in [0.717, 1.165) is 0 Å². The van der Waals surface area contributed by atoms with E-state index in [2.05, 4.69) is 14.2 Å². The Balaban J connectivity index is 2.40. The Morgan fingerprint density at radius 1 is 1.30 bits per heavy atom. The quantitative estimate of drug-likeness (QED) is 0.603. The van der Waals surface area contributed by atoms with E-state index in [-0.39, 0.29) is 25.4 Å². The van der Waals surface area contributed by atoms with Crippen molar-refractivity contribution in [1.82, 2.24) is 4.98 Å². The van der Waals surface area contributed by atoms with Crippen LogP contribution >= 0.6 is 7.60 Å². The summed E-state index contributed by atoms with van der Waals surface area (Å²) in [5.41, 5.74) is 0.362. The number of hydrogen-bond donors (Lipinski definition) is 1. The molecule has 0 aliphatic carbocycles. The Morgan fingerprint density at radius 3 is 2.60 bits per heavy atom. The molecule has 0 spiro atoms. The average Bonchev–Trinajstić information content (AvgIpc) is 2.38. The lowest BCUT2D eigenvalue weighted by molar-refractivity contribution is -0.141. The molecule has 1 heterocycles. The molecule has 1 N–H and O–H groups in total. The molecule has 0 amide bonds. The first-order valence-corrected chi connectivity index (χ1v) is 7.70. The number of aromatic nitrogens is 1. The number of carbonyl (C=O) groups is 2. The Kier molecular flexibility index (Phi) is 6.35. The number of pyridine rings is 1. The highest BCUT2D eigenvalue weighted by Crippen LogP contribution is 2.45. The van der Waals surface area contributed by atoms with Crippen LogP contribution < -0.4 is 0 Å². The van der Waals surface area contributed by atoms with Gasteiger partial charge < -0.3 is 14.2 Å². The number of hydrogen-bond acceptors (Lipinski definition) is 6. The second-order valence-corrected chi connectivity index (χ2v) is 5.78. The molecule has 1 atom stereocenters. The smallest absolute Gasteiger partial charge is 0.384 e. The summed E-state index contributed by atoms with van der Waals surface area (Å²) in [5, 5.41) is 0. The monoisotopic (exact) mass is 301 g/mol. The van der Waals surface area contributed by atoms with Crippen LogP contribution in [0.25, 0.3) is 0 Å². The first-order valence-electron chi connectivity index (χ1n) is 5.94. The molecule has 0 fully saturated rings. The third-order valence-corrected chi connectivity index (χ3v) is 3.53. The highest BCUT2D eigenvalue weighted by Gasteiger charge is 2.25. The number of carbonyl (C=O) groups excluding carboxylic acids is 2. The SMILES string of the molecule is COC(=O)CCCC(=O)OP(=O)(O)Cc1ccccn1. The molecular formula is C12H16NO6P. The van der Waals surface area contributed by atoms with Crippen molar-refractivity contribution >= 4 is 19.5 Å². The standard InChI is InChI=1S/C12H16NO6P/c1-18-11(14)6-4-7-12(15)19-20(16,17)9-10-5-2-3-8-13-10/h2-3,5,8H,4,6-7,9H2,1H3,(H,16,17). The van der Waals surface area contributed by atoms with Crippen molar-refractivity contribution < 1.29 is 28.3 Å². The van der Waals surface area contributed by atoms with E-state index in [4.69, 9.17) is 0 Å². The minimum absolute atomic E-state index is 0.0571. The third-order valence-electron chi connectivity index (χ3n) is 2.32. The van der Waals surface area contributed by atoms with Crippen LogP contribution in [-0.4, -0.2) is 28.9 Å². The van der Waals surface area contributed by atoms with Gasteiger partial charge in [-0.25, -0.2) is 4.57 Å². The van der Waals surface area contributed by atoms with E-state index in [1.54, 1.807) is 18.2 Å². The minimum Gasteiger partial charge on any atom is -0.469 e. The summed E-state index contributed by atoms with van der Waals surface area (Å²) in [6.07, 6.45) is 1.28. The fraction of sp³-hybridized carbons (Fsp3) is 0.417. The number of rotatable bonds is 7. The Morgan fingerprint density at radius 2 is 2.00 bits per heavy atom. The first-order chi connectivity index (χ1) is 9.43. The molecule has 1 aromatic rings. The largest absolute Gasteiger partial charge is 0.469 e. The second-order valence-electron chi connectivity index (χ2n) is 4.01. The van der Waals surface area contributed by atoms with Crippen LogP contribution in [0.15, 0.2) is 24.4 Å². The maximum atomic E-state index is 11.7. The normalized spacial score (nSPS) is 13.3. The van der Waals surface area contributed by atoms with Gasteiger partial charge in [-0.2, -0.15) is 0 Å². The predicted molar refractivity (Wildman–Crippen MR) is 69.7 cm³/mol. The topological polar surface area (TPSA) is 103 Å². The van der Waals surface area contributed by atoms with Gasteiger partial charge in [0.1, 0.15) is 6.16 Å². The van der Waals surface area contributed by atoms with Gasteiger partial charge in [0.25, 0.3) is 0 Å². The molecule has 1 unspecified atom stereocenters. The molecule has 0 saturated carbocycles. The number of esters is 1. The van der Waals surface area contributed by atoms with Crippen molar-refractivity contribution in [2.75, 3.05) is 7.11 Å². The molecule has 0 aromatic carbocycles. The van der Waals surface area contributed by atoms with Crippen LogP contribution in [-0.2, 0) is 29.6 Å². The second kappa shape index (κ2) is 7.77. The van der Waals surface area contributed by atoms with Crippen LogP contribution in [0, 0.1) is 0 Å². The van der Waals surface area contributed by atoms with E-state index < -0.39 is 19.5 Å². The van der Waals surface area contributed by atoms with Crippen molar-refractivity contribution in [3.05, 3.63) is 30.1 Å². The van der Waals surface area contributed by atoms with Crippen molar-refractivity contribution in [2.24, 2.45) is 0 Å². The van der Waals surface area contributed by atoms with Gasteiger partial charge in [-0.15, -0.1) is 0 Å². The molecule has 110 valence electrons. The maximum absolute atomic E-state index is 11.7. The summed E-state index contributed by atoms with van der Waals surface area (Å²) in [6, 6.07) is 4.90. The molecule has 0 saturated heterocycles. The summed E-state index contributed by atoms with van der Waals surface area (Å²) in [6.45, 7) is 0.